The third kappa shape index (κ3) is 5.35. The Morgan fingerprint density at radius 3 is 2.36 bits per heavy atom. The first-order valence-corrected chi connectivity index (χ1v) is 9.98. The lowest BCUT2D eigenvalue weighted by atomic mass is 10.1. The van der Waals surface area contributed by atoms with Crippen LogP contribution in [0, 0.1) is 12.8 Å². The number of hydrogen-bond donors (Lipinski definition) is 2. The largest absolute Gasteiger partial charge is 0.309 e. The molecule has 2 rings (SSSR count). The van der Waals surface area contributed by atoms with Crippen molar-refractivity contribution in [3.8, 4) is 0 Å². The predicted octanol–water partition coefficient (Wildman–Crippen LogP) is 3.09. The van der Waals surface area contributed by atoms with Gasteiger partial charge in [0.2, 0.25) is 15.9 Å². The molecule has 2 N–H and O–H groups in total. The zero-order valence-electron chi connectivity index (χ0n) is 14.2. The summed E-state index contributed by atoms with van der Waals surface area (Å²) in [5.74, 6) is -0.303. The SMILES string of the molecule is Cc1ccnc(NC(=O)[C@@H](NS(=O)(=O)c2ccc(Br)cc2)C(C)C)c1. The fraction of sp³-hybridized carbons (Fsp3) is 0.294. The van der Waals surface area contributed by atoms with E-state index in [0.29, 0.717) is 5.82 Å². The number of nitrogens with zero attached hydrogens (tertiary/aromatic N) is 1. The van der Waals surface area contributed by atoms with E-state index in [1.54, 1.807) is 38.2 Å². The molecule has 1 aromatic heterocycles. The van der Waals surface area contributed by atoms with Crippen LogP contribution in [0.4, 0.5) is 5.82 Å². The number of aryl methyl sites for hydroxylation is 1. The van der Waals surface area contributed by atoms with Gasteiger partial charge in [-0.2, -0.15) is 4.72 Å². The monoisotopic (exact) mass is 425 g/mol. The van der Waals surface area contributed by atoms with Gasteiger partial charge in [0.15, 0.2) is 0 Å². The number of aromatic nitrogens is 1. The van der Waals surface area contributed by atoms with Crippen LogP contribution in [0.5, 0.6) is 0 Å². The lowest BCUT2D eigenvalue weighted by Gasteiger charge is -2.21. The summed E-state index contributed by atoms with van der Waals surface area (Å²) in [6, 6.07) is 8.83. The second kappa shape index (κ2) is 8.07. The Labute approximate surface area is 156 Å². The quantitative estimate of drug-likeness (QED) is 0.743. The zero-order chi connectivity index (χ0) is 18.6. The van der Waals surface area contributed by atoms with E-state index in [1.165, 1.54) is 12.1 Å². The number of carbonyl (C=O) groups is 1. The second-order valence-corrected chi connectivity index (χ2v) is 8.63. The number of nitrogens with one attached hydrogen (secondary N) is 2. The van der Waals surface area contributed by atoms with Gasteiger partial charge in [0.05, 0.1) is 4.90 Å². The number of sulfonamides is 1. The van der Waals surface area contributed by atoms with Crippen molar-refractivity contribution in [1.82, 2.24) is 9.71 Å². The molecule has 0 aliphatic heterocycles. The first kappa shape index (κ1) is 19.6. The van der Waals surface area contributed by atoms with Crippen LogP contribution in [0.2, 0.25) is 0 Å². The van der Waals surface area contributed by atoms with Crippen LogP contribution in [-0.2, 0) is 14.8 Å². The molecule has 6 nitrogen and oxygen atoms in total. The number of hydrogen-bond acceptors (Lipinski definition) is 4. The lowest BCUT2D eigenvalue weighted by molar-refractivity contribution is -0.118. The van der Waals surface area contributed by atoms with Crippen LogP contribution < -0.4 is 10.0 Å². The van der Waals surface area contributed by atoms with E-state index < -0.39 is 22.0 Å². The van der Waals surface area contributed by atoms with Gasteiger partial charge in [-0.1, -0.05) is 29.8 Å². The highest BCUT2D eigenvalue weighted by molar-refractivity contribution is 9.10. The van der Waals surface area contributed by atoms with E-state index in [1.807, 2.05) is 13.0 Å². The first-order valence-electron chi connectivity index (χ1n) is 7.70. The van der Waals surface area contributed by atoms with E-state index in [0.717, 1.165) is 10.0 Å². The van der Waals surface area contributed by atoms with Crippen LogP contribution in [0.3, 0.4) is 0 Å². The molecule has 0 radical (unpaired) electrons. The summed E-state index contributed by atoms with van der Waals surface area (Å²) >= 11 is 3.27. The highest BCUT2D eigenvalue weighted by Gasteiger charge is 2.28. The van der Waals surface area contributed by atoms with Crippen LogP contribution in [-0.4, -0.2) is 25.4 Å². The Morgan fingerprint density at radius 2 is 1.80 bits per heavy atom. The Kier molecular flexibility index (Phi) is 6.31. The van der Waals surface area contributed by atoms with Gasteiger partial charge in [-0.05, 0) is 54.8 Å². The number of anilines is 1. The molecule has 0 spiro atoms. The summed E-state index contributed by atoms with van der Waals surface area (Å²) in [6.45, 7) is 5.43. The molecule has 0 aliphatic carbocycles. The number of halogens is 1. The molecule has 25 heavy (non-hydrogen) atoms. The highest BCUT2D eigenvalue weighted by Crippen LogP contribution is 2.17. The summed E-state index contributed by atoms with van der Waals surface area (Å²) in [6.07, 6.45) is 1.58. The van der Waals surface area contributed by atoms with E-state index in [2.05, 4.69) is 31.0 Å². The number of rotatable bonds is 6. The minimum atomic E-state index is -3.82. The molecule has 1 aromatic carbocycles. The van der Waals surface area contributed by atoms with Gasteiger partial charge in [0.1, 0.15) is 11.9 Å². The Bertz CT molecular complexity index is 852. The molecule has 1 atom stereocenters. The number of benzene rings is 1. The highest BCUT2D eigenvalue weighted by atomic mass is 79.9. The third-order valence-electron chi connectivity index (χ3n) is 3.52. The molecule has 0 bridgehead atoms. The van der Waals surface area contributed by atoms with Crippen molar-refractivity contribution in [2.24, 2.45) is 5.92 Å². The van der Waals surface area contributed by atoms with Crippen molar-refractivity contribution < 1.29 is 13.2 Å². The van der Waals surface area contributed by atoms with Gasteiger partial charge in [0, 0.05) is 10.7 Å². The van der Waals surface area contributed by atoms with Gasteiger partial charge in [0.25, 0.3) is 0 Å². The summed E-state index contributed by atoms with van der Waals surface area (Å²) in [7, 11) is -3.82. The maximum Gasteiger partial charge on any atom is 0.243 e. The van der Waals surface area contributed by atoms with Gasteiger partial charge >= 0.3 is 0 Å². The van der Waals surface area contributed by atoms with E-state index in [4.69, 9.17) is 0 Å². The number of pyridine rings is 1. The molecule has 0 unspecified atom stereocenters. The topological polar surface area (TPSA) is 88.2 Å². The summed E-state index contributed by atoms with van der Waals surface area (Å²) in [4.78, 5) is 16.7. The number of amides is 1. The Balaban J connectivity index is 2.19. The van der Waals surface area contributed by atoms with Gasteiger partial charge in [-0.25, -0.2) is 13.4 Å². The van der Waals surface area contributed by atoms with Crippen LogP contribution in [0.1, 0.15) is 19.4 Å². The Hall–Kier alpha value is -1.77. The second-order valence-electron chi connectivity index (χ2n) is 6.00. The fourth-order valence-corrected chi connectivity index (χ4v) is 3.76. The molecule has 0 saturated carbocycles. The molecule has 0 aliphatic rings. The molecule has 8 heteroatoms. The zero-order valence-corrected chi connectivity index (χ0v) is 16.6. The Morgan fingerprint density at radius 1 is 1.16 bits per heavy atom. The lowest BCUT2D eigenvalue weighted by Crippen LogP contribution is -2.47. The van der Waals surface area contributed by atoms with Crippen molar-refractivity contribution >= 4 is 37.7 Å². The minimum Gasteiger partial charge on any atom is -0.309 e. The molecule has 1 amide bonds. The fourth-order valence-electron chi connectivity index (χ4n) is 2.15. The van der Waals surface area contributed by atoms with Crippen molar-refractivity contribution in [2.75, 3.05) is 5.32 Å². The van der Waals surface area contributed by atoms with Gasteiger partial charge in [-0.3, -0.25) is 4.79 Å². The maximum absolute atomic E-state index is 12.5. The van der Waals surface area contributed by atoms with Gasteiger partial charge < -0.3 is 5.32 Å². The summed E-state index contributed by atoms with van der Waals surface area (Å²) in [5.41, 5.74) is 0.946. The summed E-state index contributed by atoms with van der Waals surface area (Å²) < 4.78 is 28.3. The molecular formula is C17H20BrN3O3S. The van der Waals surface area contributed by atoms with Crippen LogP contribution >= 0.6 is 15.9 Å². The molecule has 134 valence electrons. The third-order valence-corrected chi connectivity index (χ3v) is 5.51. The standard InChI is InChI=1S/C17H20BrN3O3S/c1-11(2)16(17(22)20-15-10-12(3)8-9-19-15)21-25(23,24)14-6-4-13(18)5-7-14/h4-11,16,21H,1-3H3,(H,19,20,22)/t16-/m0/s1. The van der Waals surface area contributed by atoms with E-state index in [-0.39, 0.29) is 10.8 Å². The molecule has 0 saturated heterocycles. The molecular weight excluding hydrogens is 406 g/mol. The molecule has 1 heterocycles. The average Bonchev–Trinajstić information content (AvgIpc) is 2.52. The van der Waals surface area contributed by atoms with Gasteiger partial charge in [-0.15, -0.1) is 0 Å². The van der Waals surface area contributed by atoms with Crippen molar-refractivity contribution in [1.29, 1.82) is 0 Å². The predicted molar refractivity (Wildman–Crippen MR) is 101 cm³/mol. The average molecular weight is 426 g/mol. The molecule has 0 fully saturated rings. The normalized spacial score (nSPS) is 12.8. The van der Waals surface area contributed by atoms with E-state index in [9.17, 15) is 13.2 Å². The maximum atomic E-state index is 12.5. The van der Waals surface area contributed by atoms with Crippen LogP contribution in [0.25, 0.3) is 0 Å². The van der Waals surface area contributed by atoms with E-state index >= 15 is 0 Å². The number of carbonyl (C=O) groups excluding carboxylic acids is 1. The minimum absolute atomic E-state index is 0.0998. The summed E-state index contributed by atoms with van der Waals surface area (Å²) in [5, 5.41) is 2.66. The molecule has 2 aromatic rings. The van der Waals surface area contributed by atoms with Crippen molar-refractivity contribution in [3.05, 3.63) is 52.6 Å². The smallest absolute Gasteiger partial charge is 0.243 e. The first-order chi connectivity index (χ1) is 11.7. The van der Waals surface area contributed by atoms with Crippen molar-refractivity contribution in [3.63, 3.8) is 0 Å². The van der Waals surface area contributed by atoms with Crippen LogP contribution in [0.15, 0.2) is 52.0 Å². The van der Waals surface area contributed by atoms with Crippen molar-refractivity contribution in [2.45, 2.75) is 31.7 Å².